The van der Waals surface area contributed by atoms with Gasteiger partial charge >= 0.3 is 0 Å². The van der Waals surface area contributed by atoms with E-state index in [1.807, 2.05) is 0 Å². The lowest BCUT2D eigenvalue weighted by Gasteiger charge is -2.22. The molecular weight excluding hydrogens is 244 g/mol. The standard InChI is InChI=1S/C11H22N2O3.ClH/c1-15-10(8-12)11(14)13-5-2-9-3-6-16-7-4-9;/h9-10H,2-8,12H2,1H3,(H,13,14);1H. The number of hydrogen-bond acceptors (Lipinski definition) is 4. The number of rotatable bonds is 6. The monoisotopic (exact) mass is 266 g/mol. The van der Waals surface area contributed by atoms with Crippen molar-refractivity contribution < 1.29 is 14.3 Å². The van der Waals surface area contributed by atoms with Gasteiger partial charge in [-0.3, -0.25) is 4.79 Å². The van der Waals surface area contributed by atoms with Gasteiger partial charge in [-0.05, 0) is 25.2 Å². The molecule has 0 aromatic heterocycles. The molecule has 1 fully saturated rings. The summed E-state index contributed by atoms with van der Waals surface area (Å²) in [6.45, 7) is 2.62. The first-order valence-electron chi connectivity index (χ1n) is 5.86. The molecule has 5 nitrogen and oxygen atoms in total. The molecular formula is C11H23ClN2O3. The Hall–Kier alpha value is -0.360. The van der Waals surface area contributed by atoms with Gasteiger partial charge < -0.3 is 20.5 Å². The molecule has 1 heterocycles. The van der Waals surface area contributed by atoms with Crippen LogP contribution in [0.3, 0.4) is 0 Å². The van der Waals surface area contributed by atoms with Crippen molar-refractivity contribution in [3.05, 3.63) is 0 Å². The van der Waals surface area contributed by atoms with Crippen molar-refractivity contribution >= 4 is 18.3 Å². The molecule has 3 N–H and O–H groups in total. The minimum absolute atomic E-state index is 0. The van der Waals surface area contributed by atoms with E-state index < -0.39 is 6.10 Å². The van der Waals surface area contributed by atoms with Crippen LogP contribution in [0.1, 0.15) is 19.3 Å². The van der Waals surface area contributed by atoms with E-state index in [4.69, 9.17) is 15.2 Å². The number of ether oxygens (including phenoxy) is 2. The molecule has 1 saturated heterocycles. The van der Waals surface area contributed by atoms with Crippen molar-refractivity contribution in [2.24, 2.45) is 11.7 Å². The summed E-state index contributed by atoms with van der Waals surface area (Å²) in [6.07, 6.45) is 2.69. The molecule has 1 amide bonds. The highest BCUT2D eigenvalue weighted by Crippen LogP contribution is 2.17. The summed E-state index contributed by atoms with van der Waals surface area (Å²) < 4.78 is 10.2. The first-order chi connectivity index (χ1) is 7.77. The summed E-state index contributed by atoms with van der Waals surface area (Å²) >= 11 is 0. The second kappa shape index (κ2) is 9.65. The van der Waals surface area contributed by atoms with Crippen LogP contribution in [0.25, 0.3) is 0 Å². The molecule has 0 radical (unpaired) electrons. The van der Waals surface area contributed by atoms with Crippen molar-refractivity contribution in [1.29, 1.82) is 0 Å². The Balaban J connectivity index is 0.00000256. The molecule has 102 valence electrons. The molecule has 17 heavy (non-hydrogen) atoms. The van der Waals surface area contributed by atoms with Gasteiger partial charge in [-0.15, -0.1) is 12.4 Å². The van der Waals surface area contributed by atoms with E-state index in [9.17, 15) is 4.79 Å². The lowest BCUT2D eigenvalue weighted by Crippen LogP contribution is -2.41. The first kappa shape index (κ1) is 16.6. The molecule has 1 aliphatic heterocycles. The first-order valence-corrected chi connectivity index (χ1v) is 5.86. The third-order valence-corrected chi connectivity index (χ3v) is 2.98. The van der Waals surface area contributed by atoms with Crippen LogP contribution >= 0.6 is 12.4 Å². The van der Waals surface area contributed by atoms with Crippen molar-refractivity contribution in [2.75, 3.05) is 33.4 Å². The Morgan fingerprint density at radius 1 is 1.53 bits per heavy atom. The molecule has 1 aliphatic rings. The third kappa shape index (κ3) is 6.21. The SMILES string of the molecule is COC(CN)C(=O)NCCC1CCOCC1.Cl. The third-order valence-electron chi connectivity index (χ3n) is 2.98. The van der Waals surface area contributed by atoms with Gasteiger partial charge in [-0.2, -0.15) is 0 Å². The predicted octanol–water partition coefficient (Wildman–Crippen LogP) is 0.315. The van der Waals surface area contributed by atoms with Crippen molar-refractivity contribution in [2.45, 2.75) is 25.4 Å². The summed E-state index contributed by atoms with van der Waals surface area (Å²) in [7, 11) is 1.50. The topological polar surface area (TPSA) is 73.6 Å². The fraction of sp³-hybridized carbons (Fsp3) is 0.909. The molecule has 6 heteroatoms. The number of halogens is 1. The fourth-order valence-electron chi connectivity index (χ4n) is 1.86. The second-order valence-electron chi connectivity index (χ2n) is 4.10. The number of methoxy groups -OCH3 is 1. The van der Waals surface area contributed by atoms with Gasteiger partial charge in [-0.1, -0.05) is 0 Å². The van der Waals surface area contributed by atoms with Crippen molar-refractivity contribution in [1.82, 2.24) is 5.32 Å². The van der Waals surface area contributed by atoms with Crippen LogP contribution in [0.2, 0.25) is 0 Å². The zero-order chi connectivity index (χ0) is 11.8. The maximum absolute atomic E-state index is 11.5. The van der Waals surface area contributed by atoms with Crippen molar-refractivity contribution in [3.63, 3.8) is 0 Å². The van der Waals surface area contributed by atoms with Crippen LogP contribution in [0.5, 0.6) is 0 Å². The lowest BCUT2D eigenvalue weighted by molar-refractivity contribution is -0.130. The van der Waals surface area contributed by atoms with E-state index in [0.29, 0.717) is 12.5 Å². The van der Waals surface area contributed by atoms with E-state index in [2.05, 4.69) is 5.32 Å². The molecule has 0 saturated carbocycles. The minimum atomic E-state index is -0.519. The number of carbonyl (C=O) groups excluding carboxylic acids is 1. The Kier molecular flexibility index (Phi) is 9.44. The van der Waals surface area contributed by atoms with Gasteiger partial charge in [0.25, 0.3) is 0 Å². The lowest BCUT2D eigenvalue weighted by atomic mass is 9.97. The zero-order valence-electron chi connectivity index (χ0n) is 10.3. The molecule has 1 atom stereocenters. The van der Waals surface area contributed by atoms with Gasteiger partial charge in [-0.25, -0.2) is 0 Å². The Morgan fingerprint density at radius 3 is 2.71 bits per heavy atom. The molecule has 1 unspecified atom stereocenters. The summed E-state index contributed by atoms with van der Waals surface area (Å²) in [6, 6.07) is 0. The van der Waals surface area contributed by atoms with E-state index in [1.165, 1.54) is 7.11 Å². The maximum Gasteiger partial charge on any atom is 0.250 e. The summed E-state index contributed by atoms with van der Waals surface area (Å²) in [5, 5.41) is 2.85. The van der Waals surface area contributed by atoms with Gasteiger partial charge in [0, 0.05) is 33.4 Å². The van der Waals surface area contributed by atoms with Crippen LogP contribution in [-0.2, 0) is 14.3 Å². The number of hydrogen-bond donors (Lipinski definition) is 2. The van der Waals surface area contributed by atoms with E-state index in [-0.39, 0.29) is 24.9 Å². The molecule has 1 rings (SSSR count). The molecule has 0 aliphatic carbocycles. The van der Waals surface area contributed by atoms with Crippen LogP contribution in [0.4, 0.5) is 0 Å². The highest BCUT2D eigenvalue weighted by atomic mass is 35.5. The van der Waals surface area contributed by atoms with E-state index in [1.54, 1.807) is 0 Å². The highest BCUT2D eigenvalue weighted by Gasteiger charge is 2.17. The molecule has 0 spiro atoms. The molecule has 0 aromatic rings. The number of nitrogens with one attached hydrogen (secondary N) is 1. The predicted molar refractivity (Wildman–Crippen MR) is 68.3 cm³/mol. The average molecular weight is 267 g/mol. The largest absolute Gasteiger partial charge is 0.381 e. The zero-order valence-corrected chi connectivity index (χ0v) is 11.1. The number of nitrogens with two attached hydrogens (primary N) is 1. The molecule has 0 bridgehead atoms. The van der Waals surface area contributed by atoms with Gasteiger partial charge in [0.05, 0.1) is 0 Å². The van der Waals surface area contributed by atoms with Crippen LogP contribution in [-0.4, -0.2) is 45.4 Å². The summed E-state index contributed by atoms with van der Waals surface area (Å²) in [4.78, 5) is 11.5. The maximum atomic E-state index is 11.5. The average Bonchev–Trinajstić information content (AvgIpc) is 2.32. The van der Waals surface area contributed by atoms with Crippen LogP contribution in [0, 0.1) is 5.92 Å². The summed E-state index contributed by atoms with van der Waals surface area (Å²) in [5.74, 6) is 0.560. The van der Waals surface area contributed by atoms with Gasteiger partial charge in [0.1, 0.15) is 6.10 Å². The van der Waals surface area contributed by atoms with Crippen LogP contribution in [0.15, 0.2) is 0 Å². The number of amides is 1. The Bertz CT molecular complexity index is 207. The van der Waals surface area contributed by atoms with Crippen molar-refractivity contribution in [3.8, 4) is 0 Å². The van der Waals surface area contributed by atoms with Crippen LogP contribution < -0.4 is 11.1 Å². The second-order valence-corrected chi connectivity index (χ2v) is 4.10. The Morgan fingerprint density at radius 2 is 2.18 bits per heavy atom. The highest BCUT2D eigenvalue weighted by molar-refractivity contribution is 5.85. The quantitative estimate of drug-likeness (QED) is 0.726. The smallest absolute Gasteiger partial charge is 0.250 e. The van der Waals surface area contributed by atoms with E-state index in [0.717, 1.165) is 32.5 Å². The fourth-order valence-corrected chi connectivity index (χ4v) is 1.86. The summed E-state index contributed by atoms with van der Waals surface area (Å²) in [5.41, 5.74) is 5.40. The minimum Gasteiger partial charge on any atom is -0.381 e. The van der Waals surface area contributed by atoms with Gasteiger partial charge in [0.15, 0.2) is 0 Å². The Labute approximate surface area is 109 Å². The number of carbonyl (C=O) groups is 1. The van der Waals surface area contributed by atoms with Gasteiger partial charge in [0.2, 0.25) is 5.91 Å². The van der Waals surface area contributed by atoms with E-state index >= 15 is 0 Å². The normalized spacial score (nSPS) is 18.2. The molecule has 0 aromatic carbocycles.